The van der Waals surface area contributed by atoms with Crippen molar-refractivity contribution in [1.29, 1.82) is 0 Å². The molecule has 2 heterocycles. The molecule has 6 nitrogen and oxygen atoms in total. The van der Waals surface area contributed by atoms with E-state index in [9.17, 15) is 5.11 Å². The van der Waals surface area contributed by atoms with Crippen LogP contribution in [0.25, 0.3) is 11.4 Å². The topological polar surface area (TPSA) is 98.1 Å². The van der Waals surface area contributed by atoms with E-state index in [1.54, 1.807) is 0 Å². The van der Waals surface area contributed by atoms with E-state index in [0.717, 1.165) is 17.0 Å². The third-order valence-electron chi connectivity index (χ3n) is 2.29. The normalized spacial score (nSPS) is 12.7. The van der Waals surface area contributed by atoms with Gasteiger partial charge >= 0.3 is 0 Å². The zero-order valence-electron chi connectivity index (χ0n) is 9.71. The Morgan fingerprint density at radius 1 is 1.29 bits per heavy atom. The fourth-order valence-electron chi connectivity index (χ4n) is 1.55. The number of nitrogens with two attached hydrogens (primary N) is 1. The van der Waals surface area contributed by atoms with Gasteiger partial charge < -0.3 is 15.4 Å². The first-order chi connectivity index (χ1) is 8.10. The van der Waals surface area contributed by atoms with Gasteiger partial charge in [-0.3, -0.25) is 4.98 Å². The minimum absolute atomic E-state index is 0.0516. The van der Waals surface area contributed by atoms with Gasteiger partial charge in [0, 0.05) is 23.5 Å². The molecule has 2 aromatic rings. The van der Waals surface area contributed by atoms with Crippen molar-refractivity contribution in [2.45, 2.75) is 20.0 Å². The molecule has 17 heavy (non-hydrogen) atoms. The lowest BCUT2D eigenvalue weighted by Gasteiger charge is -2.00. The van der Waals surface area contributed by atoms with Gasteiger partial charge in [-0.05, 0) is 26.0 Å². The number of pyridine rings is 1. The summed E-state index contributed by atoms with van der Waals surface area (Å²) in [5.74, 6) is 0.565. The molecule has 2 rings (SSSR count). The van der Waals surface area contributed by atoms with Gasteiger partial charge in [-0.15, -0.1) is 0 Å². The molecule has 2 aromatic heterocycles. The predicted molar refractivity (Wildman–Crippen MR) is 61.0 cm³/mol. The van der Waals surface area contributed by atoms with Gasteiger partial charge in [0.1, 0.15) is 6.10 Å². The second-order valence-electron chi connectivity index (χ2n) is 3.85. The standard InChI is InChI=1S/C11H14N4O2/c1-6-3-8(4-7(2)13-6)10-14-11(17-15-10)9(16)5-12/h3-4,9,16H,5,12H2,1-2H3. The Labute approximate surface area is 98.5 Å². The first-order valence-electron chi connectivity index (χ1n) is 5.27. The number of aromatic nitrogens is 3. The number of nitrogens with zero attached hydrogens (tertiary/aromatic N) is 3. The molecule has 0 saturated carbocycles. The highest BCUT2D eigenvalue weighted by molar-refractivity contribution is 5.55. The lowest BCUT2D eigenvalue weighted by molar-refractivity contribution is 0.141. The van der Waals surface area contributed by atoms with Crippen LogP contribution in [0.4, 0.5) is 0 Å². The Balaban J connectivity index is 2.36. The first kappa shape index (κ1) is 11.7. The molecule has 0 bridgehead atoms. The van der Waals surface area contributed by atoms with E-state index < -0.39 is 6.10 Å². The van der Waals surface area contributed by atoms with Crippen LogP contribution in [-0.4, -0.2) is 26.8 Å². The van der Waals surface area contributed by atoms with Crippen molar-refractivity contribution in [3.8, 4) is 11.4 Å². The molecule has 0 aliphatic carbocycles. The van der Waals surface area contributed by atoms with Crippen LogP contribution in [0.1, 0.15) is 23.4 Å². The van der Waals surface area contributed by atoms with Crippen LogP contribution in [0.15, 0.2) is 16.7 Å². The fourth-order valence-corrected chi connectivity index (χ4v) is 1.55. The molecular formula is C11H14N4O2. The van der Waals surface area contributed by atoms with Crippen LogP contribution in [0.5, 0.6) is 0 Å². The summed E-state index contributed by atoms with van der Waals surface area (Å²) in [6.45, 7) is 3.84. The molecule has 1 atom stereocenters. The summed E-state index contributed by atoms with van der Waals surface area (Å²) in [5, 5.41) is 13.3. The minimum Gasteiger partial charge on any atom is -0.382 e. The Morgan fingerprint density at radius 2 is 1.94 bits per heavy atom. The molecule has 3 N–H and O–H groups in total. The molecule has 90 valence electrons. The zero-order chi connectivity index (χ0) is 12.4. The number of rotatable bonds is 3. The van der Waals surface area contributed by atoms with E-state index in [0.29, 0.717) is 5.82 Å². The molecule has 0 aliphatic rings. The summed E-state index contributed by atoms with van der Waals surface area (Å²) in [6, 6.07) is 3.72. The molecule has 0 aliphatic heterocycles. The SMILES string of the molecule is Cc1cc(-c2noc(C(O)CN)n2)cc(C)n1. The van der Waals surface area contributed by atoms with Crippen LogP contribution in [0, 0.1) is 13.8 Å². The van der Waals surface area contributed by atoms with Crippen molar-refractivity contribution in [2.24, 2.45) is 5.73 Å². The van der Waals surface area contributed by atoms with Gasteiger partial charge in [-0.1, -0.05) is 5.16 Å². The quantitative estimate of drug-likeness (QED) is 0.812. The predicted octanol–water partition coefficient (Wildman–Crippen LogP) is 0.741. The van der Waals surface area contributed by atoms with Crippen molar-refractivity contribution in [2.75, 3.05) is 6.54 Å². The van der Waals surface area contributed by atoms with Gasteiger partial charge in [-0.2, -0.15) is 4.98 Å². The minimum atomic E-state index is -0.916. The first-order valence-corrected chi connectivity index (χ1v) is 5.27. The van der Waals surface area contributed by atoms with E-state index in [1.165, 1.54) is 0 Å². The summed E-state index contributed by atoms with van der Waals surface area (Å²) in [4.78, 5) is 8.36. The molecule has 6 heteroatoms. The van der Waals surface area contributed by atoms with E-state index in [-0.39, 0.29) is 12.4 Å². The van der Waals surface area contributed by atoms with Crippen LogP contribution in [0.3, 0.4) is 0 Å². The highest BCUT2D eigenvalue weighted by atomic mass is 16.5. The van der Waals surface area contributed by atoms with Crippen molar-refractivity contribution in [3.63, 3.8) is 0 Å². The van der Waals surface area contributed by atoms with Gasteiger partial charge in [0.2, 0.25) is 5.82 Å². The molecule has 0 spiro atoms. The second kappa shape index (κ2) is 4.60. The highest BCUT2D eigenvalue weighted by Crippen LogP contribution is 2.19. The van der Waals surface area contributed by atoms with E-state index in [2.05, 4.69) is 15.1 Å². The summed E-state index contributed by atoms with van der Waals surface area (Å²) in [6.07, 6.45) is -0.916. The average molecular weight is 234 g/mol. The number of hydrogen-bond acceptors (Lipinski definition) is 6. The van der Waals surface area contributed by atoms with Crippen LogP contribution in [0.2, 0.25) is 0 Å². The lowest BCUT2D eigenvalue weighted by Crippen LogP contribution is -2.11. The smallest absolute Gasteiger partial charge is 0.257 e. The van der Waals surface area contributed by atoms with Crippen molar-refractivity contribution < 1.29 is 9.63 Å². The Kier molecular flexibility index (Phi) is 3.16. The number of aliphatic hydroxyl groups is 1. The third-order valence-corrected chi connectivity index (χ3v) is 2.29. The maximum absolute atomic E-state index is 9.47. The van der Waals surface area contributed by atoms with Crippen LogP contribution < -0.4 is 5.73 Å². The largest absolute Gasteiger partial charge is 0.382 e. The monoisotopic (exact) mass is 234 g/mol. The maximum atomic E-state index is 9.47. The molecule has 1 unspecified atom stereocenters. The molecule has 0 aromatic carbocycles. The number of hydrogen-bond donors (Lipinski definition) is 2. The van der Waals surface area contributed by atoms with Gasteiger partial charge in [0.05, 0.1) is 0 Å². The molecule has 0 amide bonds. The van der Waals surface area contributed by atoms with Gasteiger partial charge in [-0.25, -0.2) is 0 Å². The summed E-state index contributed by atoms with van der Waals surface area (Å²) in [7, 11) is 0. The summed E-state index contributed by atoms with van der Waals surface area (Å²) < 4.78 is 4.94. The van der Waals surface area contributed by atoms with Crippen LogP contribution in [-0.2, 0) is 0 Å². The second-order valence-corrected chi connectivity index (χ2v) is 3.85. The van der Waals surface area contributed by atoms with Crippen molar-refractivity contribution in [3.05, 3.63) is 29.4 Å². The molecular weight excluding hydrogens is 220 g/mol. The zero-order valence-corrected chi connectivity index (χ0v) is 9.71. The Bertz CT molecular complexity index is 504. The van der Waals surface area contributed by atoms with E-state index in [1.807, 2.05) is 26.0 Å². The highest BCUT2D eigenvalue weighted by Gasteiger charge is 2.15. The van der Waals surface area contributed by atoms with Gasteiger partial charge in [0.25, 0.3) is 5.89 Å². The molecule has 0 saturated heterocycles. The van der Waals surface area contributed by atoms with Crippen LogP contribution >= 0.6 is 0 Å². The van der Waals surface area contributed by atoms with Crippen molar-refractivity contribution in [1.82, 2.24) is 15.1 Å². The van der Waals surface area contributed by atoms with Crippen molar-refractivity contribution >= 4 is 0 Å². The average Bonchev–Trinajstić information content (AvgIpc) is 2.76. The number of aryl methyl sites for hydroxylation is 2. The third kappa shape index (κ3) is 2.48. The number of aliphatic hydroxyl groups excluding tert-OH is 1. The lowest BCUT2D eigenvalue weighted by atomic mass is 10.2. The summed E-state index contributed by atoms with van der Waals surface area (Å²) in [5.41, 5.74) is 7.89. The maximum Gasteiger partial charge on any atom is 0.257 e. The van der Waals surface area contributed by atoms with E-state index in [4.69, 9.17) is 10.3 Å². The van der Waals surface area contributed by atoms with E-state index >= 15 is 0 Å². The Morgan fingerprint density at radius 3 is 2.53 bits per heavy atom. The summed E-state index contributed by atoms with van der Waals surface area (Å²) >= 11 is 0. The van der Waals surface area contributed by atoms with Gasteiger partial charge in [0.15, 0.2) is 0 Å². The molecule has 0 fully saturated rings. The molecule has 0 radical (unpaired) electrons. The fraction of sp³-hybridized carbons (Fsp3) is 0.364. The Hall–Kier alpha value is -1.79.